The minimum absolute atomic E-state index is 0.0194. The first-order chi connectivity index (χ1) is 24.3. The molecular weight excluding hydrogens is 686 g/mol. The third-order valence-corrected chi connectivity index (χ3v) is 10.8. The number of aliphatic imine (C=N–C) groups is 1. The van der Waals surface area contributed by atoms with E-state index in [1.54, 1.807) is 14.0 Å². The minimum atomic E-state index is -0.877. The highest BCUT2D eigenvalue weighted by Gasteiger charge is 2.60. The van der Waals surface area contributed by atoms with Crippen molar-refractivity contribution in [1.82, 2.24) is 20.0 Å². The van der Waals surface area contributed by atoms with Crippen molar-refractivity contribution in [2.75, 3.05) is 33.2 Å². The molecule has 6 rings (SSSR count). The van der Waals surface area contributed by atoms with E-state index in [0.717, 1.165) is 4.91 Å². The second kappa shape index (κ2) is 14.6. The Bertz CT molecular complexity index is 1780. The minimum Gasteiger partial charge on any atom is -0.456 e. The van der Waals surface area contributed by atoms with E-state index in [1.165, 1.54) is 70.1 Å². The molecule has 18 heteroatoms. The number of nitro groups is 2. The Balaban J connectivity index is 1.01. The van der Waals surface area contributed by atoms with E-state index in [9.17, 15) is 39.7 Å². The Morgan fingerprint density at radius 1 is 1.04 bits per heavy atom. The molecular formula is C33H37N7O10S. The number of ether oxygens (including phenoxy) is 2. The van der Waals surface area contributed by atoms with Gasteiger partial charge in [0, 0.05) is 67.0 Å². The molecule has 0 radical (unpaired) electrons. The monoisotopic (exact) mass is 723 g/mol. The lowest BCUT2D eigenvalue weighted by Gasteiger charge is -2.46. The Morgan fingerprint density at radius 3 is 2.16 bits per heavy atom. The van der Waals surface area contributed by atoms with E-state index in [4.69, 9.17) is 9.47 Å². The molecule has 0 aromatic heterocycles. The molecule has 0 bridgehead atoms. The number of fused-ring (bicyclic) bond motifs is 1. The summed E-state index contributed by atoms with van der Waals surface area (Å²) < 4.78 is 11.0. The third kappa shape index (κ3) is 7.32. The molecule has 0 saturated carbocycles. The lowest BCUT2D eigenvalue weighted by Crippen LogP contribution is -2.63. The lowest BCUT2D eigenvalue weighted by molar-refractivity contribution is -0.385. The van der Waals surface area contributed by atoms with Gasteiger partial charge in [0.15, 0.2) is 5.96 Å². The van der Waals surface area contributed by atoms with Crippen LogP contribution in [0.25, 0.3) is 0 Å². The summed E-state index contributed by atoms with van der Waals surface area (Å²) in [5, 5.41) is 35.6. The van der Waals surface area contributed by atoms with E-state index >= 15 is 0 Å². The molecule has 5 atom stereocenters. The van der Waals surface area contributed by atoms with Gasteiger partial charge in [0.05, 0.1) is 40.5 Å². The first kappa shape index (κ1) is 35.6. The molecule has 1 unspecified atom stereocenters. The van der Waals surface area contributed by atoms with Crippen molar-refractivity contribution in [2.24, 2.45) is 16.8 Å². The summed E-state index contributed by atoms with van der Waals surface area (Å²) >= 11 is 1.51. The Hall–Kier alpha value is -5.23. The van der Waals surface area contributed by atoms with Crippen molar-refractivity contribution in [3.05, 3.63) is 90.5 Å². The highest BCUT2D eigenvalue weighted by Crippen LogP contribution is 2.52. The number of aliphatic hydroxyl groups excluding tert-OH is 1. The van der Waals surface area contributed by atoms with Gasteiger partial charge in [0.1, 0.15) is 18.9 Å². The fourth-order valence-electron chi connectivity index (χ4n) is 6.60. The molecule has 2 aromatic carbocycles. The summed E-state index contributed by atoms with van der Waals surface area (Å²) in [7, 11) is 1.62. The highest BCUT2D eigenvalue weighted by atomic mass is 32.2. The maximum Gasteiger partial charge on any atom is 0.409 e. The number of β-lactam (4-membered cyclic amide) rings is 1. The molecule has 51 heavy (non-hydrogen) atoms. The smallest absolute Gasteiger partial charge is 0.409 e. The number of nitrogens with one attached hydrogen (secondary N) is 1. The van der Waals surface area contributed by atoms with Crippen molar-refractivity contribution in [3.63, 3.8) is 0 Å². The number of esters is 1. The molecule has 2 saturated heterocycles. The predicted molar refractivity (Wildman–Crippen MR) is 183 cm³/mol. The van der Waals surface area contributed by atoms with Crippen molar-refractivity contribution in [3.8, 4) is 0 Å². The van der Waals surface area contributed by atoms with E-state index in [1.807, 2.05) is 6.92 Å². The molecule has 2 N–H and O–H groups in total. The average Bonchev–Trinajstić information content (AvgIpc) is 3.63. The number of amides is 2. The quantitative estimate of drug-likeness (QED) is 0.140. The van der Waals surface area contributed by atoms with Crippen LogP contribution in [0.5, 0.6) is 0 Å². The maximum atomic E-state index is 13.5. The summed E-state index contributed by atoms with van der Waals surface area (Å²) in [6.07, 6.45) is -1.41. The van der Waals surface area contributed by atoms with Crippen LogP contribution in [0.15, 0.2) is 64.1 Å². The summed E-state index contributed by atoms with van der Waals surface area (Å²) in [6.45, 7) is 5.39. The van der Waals surface area contributed by atoms with Crippen LogP contribution in [0.1, 0.15) is 25.0 Å². The van der Waals surface area contributed by atoms with Crippen LogP contribution in [0.2, 0.25) is 0 Å². The van der Waals surface area contributed by atoms with Gasteiger partial charge in [-0.15, -0.1) is 11.8 Å². The second-order valence-electron chi connectivity index (χ2n) is 13.0. The zero-order chi connectivity index (χ0) is 36.6. The molecule has 2 amide bonds. The van der Waals surface area contributed by atoms with Crippen molar-refractivity contribution < 1.29 is 38.8 Å². The van der Waals surface area contributed by atoms with E-state index in [0.29, 0.717) is 43.3 Å². The van der Waals surface area contributed by atoms with E-state index in [2.05, 4.69) is 15.2 Å². The topological polar surface area (TPSA) is 210 Å². The molecule has 17 nitrogen and oxygen atoms in total. The highest BCUT2D eigenvalue weighted by molar-refractivity contribution is 8.03. The second-order valence-corrected chi connectivity index (χ2v) is 14.3. The van der Waals surface area contributed by atoms with Crippen LogP contribution >= 0.6 is 11.8 Å². The first-order valence-corrected chi connectivity index (χ1v) is 17.2. The molecule has 4 aliphatic heterocycles. The summed E-state index contributed by atoms with van der Waals surface area (Å²) in [5.74, 6) is -1.12. The van der Waals surface area contributed by atoms with E-state index in [-0.39, 0.29) is 59.4 Å². The van der Waals surface area contributed by atoms with Gasteiger partial charge in [-0.1, -0.05) is 6.92 Å². The first-order valence-electron chi connectivity index (χ1n) is 16.3. The molecule has 2 fully saturated rings. The fraction of sp³-hybridized carbons (Fsp3) is 0.455. The van der Waals surface area contributed by atoms with Crippen LogP contribution in [-0.4, -0.2) is 110 Å². The van der Waals surface area contributed by atoms with Gasteiger partial charge in [-0.05, 0) is 42.3 Å². The van der Waals surface area contributed by atoms with Crippen molar-refractivity contribution in [2.45, 2.75) is 50.5 Å². The van der Waals surface area contributed by atoms with Crippen molar-refractivity contribution >= 4 is 47.1 Å². The number of carbonyl (C=O) groups is 3. The van der Waals surface area contributed by atoms with Crippen LogP contribution in [0.3, 0.4) is 0 Å². The molecule has 270 valence electrons. The Morgan fingerprint density at radius 2 is 1.61 bits per heavy atom. The summed E-state index contributed by atoms with van der Waals surface area (Å²) in [5.41, 5.74) is 1.25. The summed E-state index contributed by atoms with van der Waals surface area (Å²) in [4.78, 5) is 70.3. The van der Waals surface area contributed by atoms with E-state index < -0.39 is 33.9 Å². The standard InChI is InChI=1S/C33H37N7O10S/c1-18-27-26(19(2)41)30(42)38(27)28(31(43)49-16-20-4-8-23(9-5-20)39(45)46)29(18)51-25-14-37(15-25)32-34-12-22(35-32)13-36(3)33(44)50-17-21-6-10-24(11-7-21)40(47)48/h4-11,18-19,22,25-27,41H,12-17H2,1-3H3,(H,34,35)/t18-,19-,22?,26-,27-/m1/s1. The molecule has 4 aliphatic rings. The van der Waals surface area contributed by atoms with Crippen LogP contribution in [0, 0.1) is 32.1 Å². The van der Waals surface area contributed by atoms with Gasteiger partial charge in [-0.25, -0.2) is 9.59 Å². The van der Waals surface area contributed by atoms with Gasteiger partial charge in [-0.2, -0.15) is 0 Å². The Kier molecular flexibility index (Phi) is 10.2. The van der Waals surface area contributed by atoms with Gasteiger partial charge in [-0.3, -0.25) is 30.0 Å². The van der Waals surface area contributed by atoms with Gasteiger partial charge in [0.25, 0.3) is 11.4 Å². The number of likely N-dealkylation sites (N-methyl/N-ethyl adjacent to an activating group) is 1. The number of rotatable bonds is 12. The SMILES string of the molecule is C[C@@H](O)[C@H]1C(=O)N2C(C(=O)OCc3ccc([N+](=O)[O-])cc3)=C(SC3CN(C4=NCC(CN(C)C(=O)OCc5ccc([N+](=O)[O-])cc5)N4)C3)[C@H](C)[C@H]12. The third-order valence-electron chi connectivity index (χ3n) is 9.37. The zero-order valence-corrected chi connectivity index (χ0v) is 28.9. The number of guanidine groups is 1. The molecule has 0 spiro atoms. The molecule has 2 aromatic rings. The number of non-ortho nitro benzene ring substituents is 2. The lowest BCUT2D eigenvalue weighted by atomic mass is 9.79. The number of hydrogen-bond acceptors (Lipinski definition) is 14. The molecule has 0 aliphatic carbocycles. The van der Waals surface area contributed by atoms with Gasteiger partial charge in [0.2, 0.25) is 5.91 Å². The fourth-order valence-corrected chi connectivity index (χ4v) is 8.12. The summed E-state index contributed by atoms with van der Waals surface area (Å²) in [6, 6.07) is 11.0. The van der Waals surface area contributed by atoms with Gasteiger partial charge >= 0.3 is 12.1 Å². The number of likely N-dealkylation sites (tertiary alicyclic amines) is 1. The number of nitrogens with zero attached hydrogens (tertiary/aromatic N) is 6. The number of thioether (sulfide) groups is 1. The zero-order valence-electron chi connectivity index (χ0n) is 28.0. The van der Waals surface area contributed by atoms with Crippen molar-refractivity contribution in [1.29, 1.82) is 0 Å². The van der Waals surface area contributed by atoms with Gasteiger partial charge < -0.3 is 34.6 Å². The van der Waals surface area contributed by atoms with Crippen LogP contribution in [0.4, 0.5) is 16.2 Å². The molecule has 4 heterocycles. The number of hydrogen-bond donors (Lipinski definition) is 2. The number of aliphatic hydroxyl groups is 1. The maximum absolute atomic E-state index is 13.5. The number of benzene rings is 2. The number of carbonyl (C=O) groups excluding carboxylic acids is 3. The Labute approximate surface area is 296 Å². The average molecular weight is 724 g/mol. The van der Waals surface area contributed by atoms with Crippen LogP contribution < -0.4 is 5.32 Å². The largest absolute Gasteiger partial charge is 0.456 e. The van der Waals surface area contributed by atoms with Crippen LogP contribution in [-0.2, 0) is 32.3 Å². The predicted octanol–water partition coefficient (Wildman–Crippen LogP) is 2.63. The normalized spacial score (nSPS) is 23.1. The number of nitro benzene ring substituents is 2.